The molecule has 0 aromatic heterocycles. The van der Waals surface area contributed by atoms with E-state index in [1.54, 1.807) is 0 Å². The van der Waals surface area contributed by atoms with Crippen LogP contribution in [0.4, 0.5) is 5.69 Å². The topological polar surface area (TPSA) is 72.2 Å². The largest absolute Gasteiger partial charge is 0.345 e. The van der Waals surface area contributed by atoms with Crippen molar-refractivity contribution in [2.45, 2.75) is 12.5 Å². The summed E-state index contributed by atoms with van der Waals surface area (Å²) >= 11 is 6.10. The van der Waals surface area contributed by atoms with Gasteiger partial charge in [0.05, 0.1) is 21.6 Å². The lowest BCUT2D eigenvalue weighted by atomic mass is 9.98. The number of carbonyl (C=O) groups is 1. The smallest absolute Gasteiger partial charge is 0.270 e. The first kappa shape index (κ1) is 18.6. The van der Waals surface area contributed by atoms with Crippen molar-refractivity contribution in [1.29, 1.82) is 0 Å². The summed E-state index contributed by atoms with van der Waals surface area (Å²) in [7, 11) is 0. The Labute approximate surface area is 161 Å². The number of carbonyl (C=O) groups excluding carboxylic acids is 1. The maximum absolute atomic E-state index is 12.8. The van der Waals surface area contributed by atoms with E-state index in [0.717, 1.165) is 11.1 Å². The highest BCUT2D eigenvalue weighted by atomic mass is 35.5. The zero-order valence-electron chi connectivity index (χ0n) is 14.3. The van der Waals surface area contributed by atoms with E-state index < -0.39 is 10.8 Å². The molecule has 0 radical (unpaired) electrons. The van der Waals surface area contributed by atoms with Gasteiger partial charge in [0, 0.05) is 12.1 Å². The van der Waals surface area contributed by atoms with E-state index in [4.69, 9.17) is 11.6 Å². The molecule has 27 heavy (non-hydrogen) atoms. The summed E-state index contributed by atoms with van der Waals surface area (Å²) in [6.45, 7) is 0. The number of nitro benzene ring substituents is 1. The molecule has 1 atom stereocenters. The number of nitro groups is 1. The molecule has 5 nitrogen and oxygen atoms in total. The molecule has 3 aromatic carbocycles. The van der Waals surface area contributed by atoms with E-state index in [-0.39, 0.29) is 22.3 Å². The van der Waals surface area contributed by atoms with Gasteiger partial charge in [0.25, 0.3) is 11.6 Å². The first-order valence-corrected chi connectivity index (χ1v) is 8.76. The number of hydrogen-bond acceptors (Lipinski definition) is 3. The summed E-state index contributed by atoms with van der Waals surface area (Å²) in [4.78, 5) is 23.2. The number of non-ortho nitro benzene ring substituents is 1. The van der Waals surface area contributed by atoms with Gasteiger partial charge < -0.3 is 5.32 Å². The maximum Gasteiger partial charge on any atom is 0.270 e. The lowest BCUT2D eigenvalue weighted by Gasteiger charge is -2.20. The van der Waals surface area contributed by atoms with Crippen LogP contribution >= 0.6 is 11.6 Å². The third-order valence-corrected chi connectivity index (χ3v) is 4.52. The van der Waals surface area contributed by atoms with Crippen molar-refractivity contribution < 1.29 is 9.72 Å². The van der Waals surface area contributed by atoms with Gasteiger partial charge in [-0.2, -0.15) is 0 Å². The van der Waals surface area contributed by atoms with E-state index in [1.807, 2.05) is 60.7 Å². The van der Waals surface area contributed by atoms with Crippen molar-refractivity contribution in [2.24, 2.45) is 0 Å². The monoisotopic (exact) mass is 380 g/mol. The van der Waals surface area contributed by atoms with Crippen LogP contribution in [-0.2, 0) is 6.42 Å². The van der Waals surface area contributed by atoms with Crippen molar-refractivity contribution in [3.05, 3.63) is 111 Å². The number of hydrogen-bond donors (Lipinski definition) is 1. The van der Waals surface area contributed by atoms with E-state index in [1.165, 1.54) is 18.2 Å². The van der Waals surface area contributed by atoms with Crippen molar-refractivity contribution in [2.75, 3.05) is 0 Å². The summed E-state index contributed by atoms with van der Waals surface area (Å²) in [6, 6.07) is 22.9. The zero-order chi connectivity index (χ0) is 19.2. The molecule has 0 heterocycles. The average Bonchev–Trinajstić information content (AvgIpc) is 2.69. The number of nitrogens with one attached hydrogen (secondary N) is 1. The van der Waals surface area contributed by atoms with Crippen LogP contribution < -0.4 is 5.32 Å². The van der Waals surface area contributed by atoms with Crippen LogP contribution in [0.2, 0.25) is 5.02 Å². The van der Waals surface area contributed by atoms with Crippen LogP contribution in [0, 0.1) is 10.1 Å². The third-order valence-electron chi connectivity index (χ3n) is 4.20. The Morgan fingerprint density at radius 2 is 1.63 bits per heavy atom. The second kappa shape index (κ2) is 8.47. The van der Waals surface area contributed by atoms with Gasteiger partial charge in [0.1, 0.15) is 0 Å². The highest BCUT2D eigenvalue weighted by Gasteiger charge is 2.20. The second-order valence-electron chi connectivity index (χ2n) is 6.05. The Hall–Kier alpha value is -3.18. The third kappa shape index (κ3) is 4.71. The molecule has 0 aliphatic carbocycles. The molecule has 136 valence electrons. The number of halogens is 1. The molecular formula is C21H17ClN2O3. The predicted molar refractivity (Wildman–Crippen MR) is 105 cm³/mol. The fourth-order valence-electron chi connectivity index (χ4n) is 2.82. The Morgan fingerprint density at radius 3 is 2.26 bits per heavy atom. The molecule has 0 aliphatic heterocycles. The molecule has 0 saturated carbocycles. The van der Waals surface area contributed by atoms with Gasteiger partial charge in [0.15, 0.2) is 0 Å². The molecule has 6 heteroatoms. The molecule has 0 fully saturated rings. The Kier molecular flexibility index (Phi) is 5.84. The summed E-state index contributed by atoms with van der Waals surface area (Å²) < 4.78 is 0. The summed E-state index contributed by atoms with van der Waals surface area (Å²) in [6.07, 6.45) is 0.586. The molecule has 0 bridgehead atoms. The van der Waals surface area contributed by atoms with Crippen LogP contribution in [0.15, 0.2) is 78.9 Å². The van der Waals surface area contributed by atoms with Crippen LogP contribution in [0.5, 0.6) is 0 Å². The highest BCUT2D eigenvalue weighted by molar-refractivity contribution is 6.34. The number of nitrogens with zero attached hydrogens (tertiary/aromatic N) is 1. The normalized spacial score (nSPS) is 11.6. The fourth-order valence-corrected chi connectivity index (χ4v) is 3.03. The predicted octanol–water partition coefficient (Wildman–Crippen LogP) is 4.96. The zero-order valence-corrected chi connectivity index (χ0v) is 15.1. The minimum absolute atomic E-state index is 0.0832. The second-order valence-corrected chi connectivity index (χ2v) is 6.45. The Morgan fingerprint density at radius 1 is 1.00 bits per heavy atom. The van der Waals surface area contributed by atoms with Crippen LogP contribution in [0.25, 0.3) is 0 Å². The SMILES string of the molecule is O=C(NC(Cc1ccccc1)c1ccccc1)c1cc([N+](=O)[O-])ccc1Cl. The number of benzene rings is 3. The highest BCUT2D eigenvalue weighted by Crippen LogP contribution is 2.24. The standard InChI is InChI=1S/C21H17ClN2O3/c22-19-12-11-17(24(26)27)14-18(19)21(25)23-20(16-9-5-2-6-10-16)13-15-7-3-1-4-8-15/h1-12,14,20H,13H2,(H,23,25). The van der Waals surface area contributed by atoms with Crippen molar-refractivity contribution in [3.63, 3.8) is 0 Å². The van der Waals surface area contributed by atoms with E-state index in [0.29, 0.717) is 6.42 Å². The lowest BCUT2D eigenvalue weighted by Crippen LogP contribution is -2.30. The fraction of sp³-hybridized carbons (Fsp3) is 0.0952. The summed E-state index contributed by atoms with van der Waals surface area (Å²) in [5, 5.41) is 14.1. The summed E-state index contributed by atoms with van der Waals surface area (Å²) in [5.41, 5.74) is 1.91. The van der Waals surface area contributed by atoms with Gasteiger partial charge in [-0.25, -0.2) is 0 Å². The van der Waals surface area contributed by atoms with Crippen LogP contribution in [0.1, 0.15) is 27.5 Å². The number of rotatable bonds is 6. The van der Waals surface area contributed by atoms with Crippen molar-refractivity contribution >= 4 is 23.2 Å². The molecule has 1 amide bonds. The molecule has 1 N–H and O–H groups in total. The molecule has 3 aromatic rings. The maximum atomic E-state index is 12.8. The molecular weight excluding hydrogens is 364 g/mol. The van der Waals surface area contributed by atoms with E-state index in [2.05, 4.69) is 5.32 Å². The average molecular weight is 381 g/mol. The van der Waals surface area contributed by atoms with Crippen molar-refractivity contribution in [1.82, 2.24) is 5.32 Å². The Balaban J connectivity index is 1.89. The lowest BCUT2D eigenvalue weighted by molar-refractivity contribution is -0.384. The molecule has 0 saturated heterocycles. The van der Waals surface area contributed by atoms with Crippen molar-refractivity contribution in [3.8, 4) is 0 Å². The first-order chi connectivity index (χ1) is 13.0. The van der Waals surface area contributed by atoms with Gasteiger partial charge in [-0.1, -0.05) is 72.3 Å². The Bertz CT molecular complexity index is 946. The molecule has 3 rings (SSSR count). The minimum atomic E-state index is -0.550. The van der Waals surface area contributed by atoms with E-state index in [9.17, 15) is 14.9 Å². The van der Waals surface area contributed by atoms with Crippen LogP contribution in [0.3, 0.4) is 0 Å². The molecule has 0 aliphatic rings. The van der Waals surface area contributed by atoms with Crippen LogP contribution in [-0.4, -0.2) is 10.8 Å². The van der Waals surface area contributed by atoms with Gasteiger partial charge in [-0.3, -0.25) is 14.9 Å². The molecule has 1 unspecified atom stereocenters. The quantitative estimate of drug-likeness (QED) is 0.485. The first-order valence-electron chi connectivity index (χ1n) is 8.38. The van der Waals surface area contributed by atoms with Gasteiger partial charge in [0.2, 0.25) is 0 Å². The molecule has 0 spiro atoms. The number of amides is 1. The van der Waals surface area contributed by atoms with Gasteiger partial charge >= 0.3 is 0 Å². The van der Waals surface area contributed by atoms with Gasteiger partial charge in [-0.15, -0.1) is 0 Å². The van der Waals surface area contributed by atoms with Gasteiger partial charge in [-0.05, 0) is 23.6 Å². The minimum Gasteiger partial charge on any atom is -0.345 e. The van der Waals surface area contributed by atoms with E-state index >= 15 is 0 Å². The summed E-state index contributed by atoms with van der Waals surface area (Å²) in [5.74, 6) is -0.450.